The lowest BCUT2D eigenvalue weighted by molar-refractivity contribution is -0.140. The quantitative estimate of drug-likeness (QED) is 0.510. The minimum Gasteiger partial charge on any atom is -0.481 e. The molecule has 33 heavy (non-hydrogen) atoms. The first kappa shape index (κ1) is 24.1. The summed E-state index contributed by atoms with van der Waals surface area (Å²) in [6, 6.07) is 11.9. The third-order valence-electron chi connectivity index (χ3n) is 5.83. The van der Waals surface area contributed by atoms with Gasteiger partial charge in [0.1, 0.15) is 12.7 Å². The molecular formula is C25H27FN2O5. The average Bonchev–Trinajstić information content (AvgIpc) is 3.09. The lowest BCUT2D eigenvalue weighted by atomic mass is 9.90. The number of amides is 1. The number of carboxylic acids is 1. The predicted octanol–water partition coefficient (Wildman–Crippen LogP) is 3.90. The fraction of sp³-hybridized carbons (Fsp3) is 0.360. The molecule has 0 saturated heterocycles. The highest BCUT2D eigenvalue weighted by Crippen LogP contribution is 2.31. The number of alkyl halides is 1. The highest BCUT2D eigenvalue weighted by Gasteiger charge is 2.31. The zero-order chi connectivity index (χ0) is 24.3. The van der Waals surface area contributed by atoms with Gasteiger partial charge >= 0.3 is 5.97 Å². The van der Waals surface area contributed by atoms with E-state index in [1.807, 2.05) is 49.4 Å². The molecule has 174 valence electrons. The summed E-state index contributed by atoms with van der Waals surface area (Å²) in [4.78, 5) is 49.2. The Morgan fingerprint density at radius 3 is 2.30 bits per heavy atom. The van der Waals surface area contributed by atoms with Gasteiger partial charge < -0.3 is 10.4 Å². The largest absolute Gasteiger partial charge is 0.481 e. The second kappa shape index (κ2) is 9.94. The summed E-state index contributed by atoms with van der Waals surface area (Å²) in [7, 11) is 0. The predicted molar refractivity (Wildman–Crippen MR) is 123 cm³/mol. The maximum atomic E-state index is 13.5. The summed E-state index contributed by atoms with van der Waals surface area (Å²) in [5, 5.41) is 13.2. The molecule has 1 aromatic heterocycles. The first-order valence-corrected chi connectivity index (χ1v) is 10.8. The molecule has 0 radical (unpaired) electrons. The van der Waals surface area contributed by atoms with Gasteiger partial charge in [0.05, 0.1) is 17.5 Å². The molecule has 2 atom stereocenters. The number of hydrogen-bond donors (Lipinski definition) is 2. The van der Waals surface area contributed by atoms with Crippen molar-refractivity contribution in [3.63, 3.8) is 0 Å². The van der Waals surface area contributed by atoms with E-state index in [-0.39, 0.29) is 18.2 Å². The van der Waals surface area contributed by atoms with Gasteiger partial charge in [-0.15, -0.1) is 0 Å². The van der Waals surface area contributed by atoms with Crippen molar-refractivity contribution >= 4 is 45.4 Å². The SMILES string of the molecule is Cc1ccc2c3ccccc3n(C(=O)C[C@H](C(=O)NC(CC(=O)O)C(=O)CF)C(C)C)c2c1. The van der Waals surface area contributed by atoms with E-state index in [2.05, 4.69) is 5.32 Å². The van der Waals surface area contributed by atoms with Gasteiger partial charge in [-0.1, -0.05) is 44.2 Å². The molecule has 2 N–H and O–H groups in total. The smallest absolute Gasteiger partial charge is 0.305 e. The normalized spacial score (nSPS) is 13.2. The van der Waals surface area contributed by atoms with Crippen molar-refractivity contribution in [3.05, 3.63) is 48.0 Å². The van der Waals surface area contributed by atoms with Crippen molar-refractivity contribution in [2.24, 2.45) is 11.8 Å². The number of rotatable bonds is 9. The molecule has 0 spiro atoms. The number of carboxylic acid groups (broad SMARTS) is 1. The first-order valence-electron chi connectivity index (χ1n) is 10.8. The molecule has 8 heteroatoms. The summed E-state index contributed by atoms with van der Waals surface area (Å²) >= 11 is 0. The Bertz CT molecular complexity index is 1230. The molecule has 2 aromatic carbocycles. The maximum Gasteiger partial charge on any atom is 0.305 e. The number of aliphatic carboxylic acids is 1. The van der Waals surface area contributed by atoms with Crippen molar-refractivity contribution in [2.75, 3.05) is 6.67 Å². The van der Waals surface area contributed by atoms with Crippen molar-refractivity contribution < 1.29 is 28.7 Å². The van der Waals surface area contributed by atoms with Crippen LogP contribution in [0.4, 0.5) is 4.39 Å². The topological polar surface area (TPSA) is 105 Å². The number of hydrogen-bond acceptors (Lipinski definition) is 4. The van der Waals surface area contributed by atoms with Crippen LogP contribution in [-0.4, -0.2) is 46.0 Å². The second-order valence-corrected chi connectivity index (χ2v) is 8.58. The van der Waals surface area contributed by atoms with Crippen LogP contribution >= 0.6 is 0 Å². The molecule has 0 aliphatic heterocycles. The van der Waals surface area contributed by atoms with Gasteiger partial charge in [-0.25, -0.2) is 4.39 Å². The third kappa shape index (κ3) is 5.10. The molecule has 0 bridgehead atoms. The Labute approximate surface area is 190 Å². The highest BCUT2D eigenvalue weighted by atomic mass is 19.1. The fourth-order valence-electron chi connectivity index (χ4n) is 4.05. The van der Waals surface area contributed by atoms with Gasteiger partial charge in [0, 0.05) is 23.1 Å². The van der Waals surface area contributed by atoms with Crippen LogP contribution < -0.4 is 5.32 Å². The van der Waals surface area contributed by atoms with Crippen LogP contribution in [0.25, 0.3) is 21.8 Å². The second-order valence-electron chi connectivity index (χ2n) is 8.58. The molecule has 0 aliphatic carbocycles. The van der Waals surface area contributed by atoms with Gasteiger partial charge in [0.25, 0.3) is 0 Å². The number of halogens is 1. The van der Waals surface area contributed by atoms with E-state index in [4.69, 9.17) is 5.11 Å². The summed E-state index contributed by atoms with van der Waals surface area (Å²) in [5.41, 5.74) is 2.45. The molecule has 7 nitrogen and oxygen atoms in total. The molecule has 0 fully saturated rings. The van der Waals surface area contributed by atoms with Gasteiger partial charge in [-0.3, -0.25) is 23.7 Å². The highest BCUT2D eigenvalue weighted by molar-refractivity contribution is 6.13. The van der Waals surface area contributed by atoms with Crippen LogP contribution in [0.1, 0.15) is 37.0 Å². The summed E-state index contributed by atoms with van der Waals surface area (Å²) in [6.45, 7) is 4.07. The summed E-state index contributed by atoms with van der Waals surface area (Å²) in [6.07, 6.45) is -0.881. The minimum atomic E-state index is -1.48. The first-order chi connectivity index (χ1) is 15.6. The summed E-state index contributed by atoms with van der Waals surface area (Å²) < 4.78 is 14.5. The summed E-state index contributed by atoms with van der Waals surface area (Å²) in [5.74, 6) is -4.41. The van der Waals surface area contributed by atoms with Crippen molar-refractivity contribution in [1.29, 1.82) is 0 Å². The number of aromatic nitrogens is 1. The lowest BCUT2D eigenvalue weighted by Crippen LogP contribution is -2.47. The Hall–Kier alpha value is -3.55. The Morgan fingerprint density at radius 2 is 1.67 bits per heavy atom. The number of nitrogens with zero attached hydrogens (tertiary/aromatic N) is 1. The van der Waals surface area contributed by atoms with Crippen LogP contribution in [0.15, 0.2) is 42.5 Å². The third-order valence-corrected chi connectivity index (χ3v) is 5.83. The van der Waals surface area contributed by atoms with Crippen LogP contribution in [0.2, 0.25) is 0 Å². The molecule has 0 aliphatic rings. The number of carbonyl (C=O) groups excluding carboxylic acids is 3. The van der Waals surface area contributed by atoms with E-state index in [0.717, 1.165) is 27.4 Å². The number of para-hydroxylation sites is 1. The molecular weight excluding hydrogens is 427 g/mol. The standard InChI is InChI=1S/C25H27FN2O5/c1-14(2)18(25(33)27-19(12-24(31)32)22(29)13-26)11-23(30)28-20-7-5-4-6-16(20)17-9-8-15(3)10-21(17)28/h4-10,14,18-19H,11-13H2,1-3H3,(H,27,33)(H,31,32)/t18-,19?/m0/s1. The van der Waals surface area contributed by atoms with Gasteiger partial charge in [0.2, 0.25) is 11.8 Å². The molecule has 3 rings (SSSR count). The van der Waals surface area contributed by atoms with E-state index < -0.39 is 42.7 Å². The monoisotopic (exact) mass is 454 g/mol. The van der Waals surface area contributed by atoms with E-state index in [0.29, 0.717) is 0 Å². The number of benzene rings is 2. The molecule has 1 heterocycles. The van der Waals surface area contributed by atoms with Gasteiger partial charge in [-0.2, -0.15) is 0 Å². The molecule has 0 saturated carbocycles. The van der Waals surface area contributed by atoms with Gasteiger partial charge in [-0.05, 0) is 30.5 Å². The minimum absolute atomic E-state index is 0.158. The lowest BCUT2D eigenvalue weighted by Gasteiger charge is -2.23. The molecule has 3 aromatic rings. The number of carbonyl (C=O) groups is 4. The van der Waals surface area contributed by atoms with E-state index in [1.54, 1.807) is 18.4 Å². The number of nitrogens with one attached hydrogen (secondary N) is 1. The Morgan fingerprint density at radius 1 is 1.00 bits per heavy atom. The zero-order valence-corrected chi connectivity index (χ0v) is 18.8. The Kier molecular flexibility index (Phi) is 7.26. The average molecular weight is 454 g/mol. The number of Topliss-reactive ketones (excluding diaryl/α,β-unsaturated/α-hetero) is 1. The Balaban J connectivity index is 1.94. The van der Waals surface area contributed by atoms with Crippen molar-refractivity contribution in [1.82, 2.24) is 9.88 Å². The van der Waals surface area contributed by atoms with Crippen LogP contribution in [0.5, 0.6) is 0 Å². The number of aryl methyl sites for hydroxylation is 1. The van der Waals surface area contributed by atoms with Crippen molar-refractivity contribution in [2.45, 2.75) is 39.7 Å². The van der Waals surface area contributed by atoms with Crippen LogP contribution in [-0.2, 0) is 14.4 Å². The van der Waals surface area contributed by atoms with E-state index in [9.17, 15) is 23.6 Å². The molecule has 1 unspecified atom stereocenters. The number of ketones is 1. The number of fused-ring (bicyclic) bond motifs is 3. The van der Waals surface area contributed by atoms with Crippen LogP contribution in [0, 0.1) is 18.8 Å². The fourth-order valence-corrected chi connectivity index (χ4v) is 4.05. The van der Waals surface area contributed by atoms with Gasteiger partial charge in [0.15, 0.2) is 5.78 Å². The van der Waals surface area contributed by atoms with E-state index >= 15 is 0 Å². The maximum absolute atomic E-state index is 13.5. The zero-order valence-electron chi connectivity index (χ0n) is 18.8. The van der Waals surface area contributed by atoms with Crippen molar-refractivity contribution in [3.8, 4) is 0 Å². The van der Waals surface area contributed by atoms with Crippen LogP contribution in [0.3, 0.4) is 0 Å². The molecule has 1 amide bonds. The van der Waals surface area contributed by atoms with E-state index in [1.165, 1.54) is 0 Å².